The molecule has 0 aliphatic carbocycles. The monoisotopic (exact) mass is 280 g/mol. The van der Waals surface area contributed by atoms with E-state index >= 15 is 0 Å². The van der Waals surface area contributed by atoms with Gasteiger partial charge in [0, 0.05) is 11.9 Å². The van der Waals surface area contributed by atoms with E-state index in [0.29, 0.717) is 12.1 Å². The molecule has 1 aromatic heterocycles. The molecule has 1 heterocycles. The van der Waals surface area contributed by atoms with Crippen molar-refractivity contribution in [1.29, 1.82) is 5.41 Å². The fraction of sp³-hybridized carbons (Fsp3) is 0.176. The van der Waals surface area contributed by atoms with Gasteiger partial charge in [-0.25, -0.2) is 0 Å². The Hall–Kier alpha value is -2.62. The van der Waals surface area contributed by atoms with Crippen LogP contribution in [0.3, 0.4) is 0 Å². The van der Waals surface area contributed by atoms with E-state index in [4.69, 9.17) is 9.83 Å². The van der Waals surface area contributed by atoms with Crippen LogP contribution in [0.25, 0.3) is 21.7 Å². The van der Waals surface area contributed by atoms with Gasteiger partial charge in [-0.05, 0) is 29.3 Å². The molecule has 2 N–H and O–H groups in total. The lowest BCUT2D eigenvalue weighted by atomic mass is 10.0. The summed E-state index contributed by atoms with van der Waals surface area (Å²) in [5.74, 6) is -0.263. The van der Waals surface area contributed by atoms with E-state index < -0.39 is 0 Å². The summed E-state index contributed by atoms with van der Waals surface area (Å²) in [5.41, 5.74) is 0.782. The first-order valence-corrected chi connectivity index (χ1v) is 6.99. The summed E-state index contributed by atoms with van der Waals surface area (Å²) in [7, 11) is 0. The number of nitrogens with one attached hydrogen (secondary N) is 2. The van der Waals surface area contributed by atoms with Crippen molar-refractivity contribution in [2.45, 2.75) is 13.3 Å². The topological polar surface area (TPSA) is 66.1 Å². The molecule has 2 aromatic carbocycles. The van der Waals surface area contributed by atoms with Crippen LogP contribution in [0.15, 0.2) is 46.9 Å². The maximum absolute atomic E-state index is 12.1. The molecule has 0 saturated heterocycles. The quantitative estimate of drug-likeness (QED) is 0.723. The van der Waals surface area contributed by atoms with E-state index in [2.05, 4.69) is 5.32 Å². The molecule has 0 unspecified atom stereocenters. The summed E-state index contributed by atoms with van der Waals surface area (Å²) in [4.78, 5) is 12.1. The number of amides is 1. The summed E-state index contributed by atoms with van der Waals surface area (Å²) in [6.45, 7) is 2.58. The Labute approximate surface area is 121 Å². The lowest BCUT2D eigenvalue weighted by Crippen LogP contribution is -2.28. The van der Waals surface area contributed by atoms with Crippen molar-refractivity contribution < 1.29 is 9.21 Å². The van der Waals surface area contributed by atoms with Gasteiger partial charge in [-0.3, -0.25) is 10.2 Å². The van der Waals surface area contributed by atoms with Crippen LogP contribution in [0.4, 0.5) is 0 Å². The molecule has 106 valence electrons. The van der Waals surface area contributed by atoms with Crippen LogP contribution in [-0.4, -0.2) is 12.5 Å². The van der Waals surface area contributed by atoms with E-state index in [-0.39, 0.29) is 17.0 Å². The first-order valence-electron chi connectivity index (χ1n) is 6.99. The summed E-state index contributed by atoms with van der Waals surface area (Å²) in [6, 6.07) is 13.5. The highest BCUT2D eigenvalue weighted by atomic mass is 16.3. The second-order valence-electron chi connectivity index (χ2n) is 4.94. The Kier molecular flexibility index (Phi) is 3.44. The van der Waals surface area contributed by atoms with Crippen LogP contribution in [0.5, 0.6) is 0 Å². The zero-order valence-electron chi connectivity index (χ0n) is 11.8. The second kappa shape index (κ2) is 5.40. The number of hydrogen-bond acceptors (Lipinski definition) is 3. The number of carbonyl (C=O) groups excluding carboxylic acids is 1. The van der Waals surface area contributed by atoms with E-state index in [1.807, 2.05) is 43.3 Å². The molecule has 0 bridgehead atoms. The van der Waals surface area contributed by atoms with Crippen molar-refractivity contribution in [1.82, 2.24) is 5.32 Å². The number of hydrogen-bond donors (Lipinski definition) is 2. The van der Waals surface area contributed by atoms with Gasteiger partial charge in [0.1, 0.15) is 11.1 Å². The summed E-state index contributed by atoms with van der Waals surface area (Å²) in [5, 5.41) is 13.6. The molecule has 4 nitrogen and oxygen atoms in total. The number of rotatable bonds is 3. The van der Waals surface area contributed by atoms with E-state index in [9.17, 15) is 4.79 Å². The van der Waals surface area contributed by atoms with Gasteiger partial charge in [0.15, 0.2) is 0 Å². The Morgan fingerprint density at radius 3 is 2.81 bits per heavy atom. The minimum atomic E-state index is -0.263. The van der Waals surface area contributed by atoms with Crippen molar-refractivity contribution in [2.24, 2.45) is 0 Å². The minimum absolute atomic E-state index is 0.105. The molecular formula is C17H16N2O2. The fourth-order valence-corrected chi connectivity index (χ4v) is 2.39. The fourth-order valence-electron chi connectivity index (χ4n) is 2.39. The van der Waals surface area contributed by atoms with Crippen LogP contribution in [0, 0.1) is 5.41 Å². The Morgan fingerprint density at radius 2 is 2.00 bits per heavy atom. The first-order chi connectivity index (χ1) is 10.2. The molecule has 0 radical (unpaired) electrons. The maximum atomic E-state index is 12.1. The second-order valence-corrected chi connectivity index (χ2v) is 4.94. The van der Waals surface area contributed by atoms with E-state index in [0.717, 1.165) is 22.6 Å². The normalized spacial score (nSPS) is 10.9. The number of benzene rings is 2. The van der Waals surface area contributed by atoms with Crippen molar-refractivity contribution in [3.63, 3.8) is 0 Å². The zero-order valence-corrected chi connectivity index (χ0v) is 11.8. The minimum Gasteiger partial charge on any atom is -0.438 e. The SMILES string of the molecule is CCCNC(=O)c1cc2c(ccc3ccccc32)oc1=N. The van der Waals surface area contributed by atoms with Gasteiger partial charge in [0.05, 0.1) is 0 Å². The molecule has 0 spiro atoms. The third kappa shape index (κ3) is 2.40. The van der Waals surface area contributed by atoms with Crippen LogP contribution in [-0.2, 0) is 0 Å². The smallest absolute Gasteiger partial charge is 0.256 e. The van der Waals surface area contributed by atoms with Gasteiger partial charge in [-0.2, -0.15) is 0 Å². The standard InChI is InChI=1S/C17H16N2O2/c1-2-9-19-17(20)14-10-13-12-6-4-3-5-11(12)7-8-15(13)21-16(14)18/h3-8,10,18H,2,9H2,1H3,(H,19,20). The molecule has 0 aliphatic rings. The van der Waals surface area contributed by atoms with Gasteiger partial charge >= 0.3 is 0 Å². The molecule has 0 aliphatic heterocycles. The highest BCUT2D eigenvalue weighted by Gasteiger charge is 2.12. The molecule has 3 rings (SSSR count). The van der Waals surface area contributed by atoms with Gasteiger partial charge in [-0.1, -0.05) is 37.3 Å². The number of fused-ring (bicyclic) bond motifs is 3. The molecule has 4 heteroatoms. The van der Waals surface area contributed by atoms with Crippen molar-refractivity contribution in [3.05, 3.63) is 53.6 Å². The van der Waals surface area contributed by atoms with Gasteiger partial charge in [0.2, 0.25) is 5.55 Å². The predicted octanol–water partition coefficient (Wildman–Crippen LogP) is 3.21. The predicted molar refractivity (Wildman–Crippen MR) is 82.2 cm³/mol. The molecule has 3 aromatic rings. The average molecular weight is 280 g/mol. The summed E-state index contributed by atoms with van der Waals surface area (Å²) < 4.78 is 5.51. The van der Waals surface area contributed by atoms with Crippen LogP contribution >= 0.6 is 0 Å². The Bertz CT molecular complexity index is 881. The maximum Gasteiger partial charge on any atom is 0.256 e. The van der Waals surface area contributed by atoms with Crippen LogP contribution in [0.2, 0.25) is 0 Å². The number of carbonyl (C=O) groups is 1. The highest BCUT2D eigenvalue weighted by molar-refractivity contribution is 6.07. The van der Waals surface area contributed by atoms with Crippen LogP contribution in [0.1, 0.15) is 23.7 Å². The molecule has 1 amide bonds. The Morgan fingerprint density at radius 1 is 1.19 bits per heavy atom. The lowest BCUT2D eigenvalue weighted by Gasteiger charge is -2.07. The summed E-state index contributed by atoms with van der Waals surface area (Å²) >= 11 is 0. The third-order valence-corrected chi connectivity index (χ3v) is 3.46. The largest absolute Gasteiger partial charge is 0.438 e. The molecule has 0 saturated carbocycles. The Balaban J connectivity index is 2.23. The van der Waals surface area contributed by atoms with Crippen molar-refractivity contribution in [3.8, 4) is 0 Å². The first kappa shape index (κ1) is 13.4. The van der Waals surface area contributed by atoms with Gasteiger partial charge < -0.3 is 9.73 Å². The highest BCUT2D eigenvalue weighted by Crippen LogP contribution is 2.24. The molecule has 0 fully saturated rings. The van der Waals surface area contributed by atoms with E-state index in [1.54, 1.807) is 6.07 Å². The molecule has 21 heavy (non-hydrogen) atoms. The van der Waals surface area contributed by atoms with Gasteiger partial charge in [-0.15, -0.1) is 0 Å². The zero-order chi connectivity index (χ0) is 14.8. The lowest BCUT2D eigenvalue weighted by molar-refractivity contribution is 0.0949. The van der Waals surface area contributed by atoms with Crippen molar-refractivity contribution >= 4 is 27.6 Å². The molecule has 0 atom stereocenters. The van der Waals surface area contributed by atoms with Crippen LogP contribution < -0.4 is 10.9 Å². The van der Waals surface area contributed by atoms with Gasteiger partial charge in [0.25, 0.3) is 5.91 Å². The van der Waals surface area contributed by atoms with E-state index in [1.165, 1.54) is 0 Å². The van der Waals surface area contributed by atoms with Crippen molar-refractivity contribution in [2.75, 3.05) is 6.54 Å². The average Bonchev–Trinajstić information content (AvgIpc) is 2.51. The summed E-state index contributed by atoms with van der Waals surface area (Å²) in [6.07, 6.45) is 0.854. The molecular weight excluding hydrogens is 264 g/mol. The third-order valence-electron chi connectivity index (χ3n) is 3.46.